The third kappa shape index (κ3) is 7.59. The Morgan fingerprint density at radius 2 is 1.47 bits per heavy atom. The number of benzene rings is 3. The number of hydrogen-bond donors (Lipinski definition) is 4. The number of ether oxygens (including phenoxy) is 2. The van der Waals surface area contributed by atoms with Crippen molar-refractivity contribution < 1.29 is 34.4 Å². The number of hydrogen-bond acceptors (Lipinski definition) is 9. The van der Waals surface area contributed by atoms with Crippen LogP contribution in [0.2, 0.25) is 0 Å². The second-order valence-corrected chi connectivity index (χ2v) is 11.3. The molecule has 0 radical (unpaired) electrons. The molecule has 3 aromatic rings. The number of amides is 3. The zero-order valence-electron chi connectivity index (χ0n) is 25.6. The van der Waals surface area contributed by atoms with Crippen LogP contribution in [0.4, 0.5) is 4.79 Å². The summed E-state index contributed by atoms with van der Waals surface area (Å²) in [6, 6.07) is 18.1. The number of piperazine rings is 1. The summed E-state index contributed by atoms with van der Waals surface area (Å²) in [5.74, 6) is 0.120. The molecule has 3 amide bonds. The fraction of sp³-hybridized carbons (Fsp3) is 0.394. The number of rotatable bonds is 10. The molecule has 4 N–H and O–H groups in total. The van der Waals surface area contributed by atoms with Gasteiger partial charge in [-0.05, 0) is 47.4 Å². The zero-order chi connectivity index (χ0) is 31.9. The van der Waals surface area contributed by atoms with E-state index in [1.54, 1.807) is 29.2 Å². The van der Waals surface area contributed by atoms with Crippen molar-refractivity contribution in [2.24, 2.45) is 0 Å². The van der Waals surface area contributed by atoms with E-state index in [2.05, 4.69) is 5.32 Å². The van der Waals surface area contributed by atoms with Gasteiger partial charge in [-0.15, -0.1) is 0 Å². The number of carbonyl (C=O) groups is 2. The van der Waals surface area contributed by atoms with Crippen LogP contribution in [0.15, 0.2) is 66.7 Å². The Morgan fingerprint density at radius 1 is 0.867 bits per heavy atom. The molecule has 2 heterocycles. The molecule has 2 fully saturated rings. The highest BCUT2D eigenvalue weighted by molar-refractivity contribution is 5.83. The largest absolute Gasteiger partial charge is 0.504 e. The van der Waals surface area contributed by atoms with Crippen LogP contribution in [0.25, 0.3) is 0 Å². The summed E-state index contributed by atoms with van der Waals surface area (Å²) in [7, 11) is 2.89. The first-order valence-corrected chi connectivity index (χ1v) is 15.0. The molecule has 2 atom stereocenters. The van der Waals surface area contributed by atoms with Crippen LogP contribution < -0.4 is 14.8 Å². The van der Waals surface area contributed by atoms with E-state index in [-0.39, 0.29) is 55.1 Å². The summed E-state index contributed by atoms with van der Waals surface area (Å²) in [5, 5.41) is 38.2. The molecule has 12 nitrogen and oxygen atoms in total. The Kier molecular flexibility index (Phi) is 10.3. The van der Waals surface area contributed by atoms with Gasteiger partial charge in [0.2, 0.25) is 0 Å². The Bertz CT molecular complexity index is 1470. The molecule has 2 aliphatic heterocycles. The fourth-order valence-corrected chi connectivity index (χ4v) is 5.83. The number of aliphatic hydroxyl groups is 1. The first kappa shape index (κ1) is 31.9. The maximum Gasteiger partial charge on any atom is 0.339 e. The standard InChI is InChI=1S/C33H41N5O7/c1-44-30-17-24(8-10-27(30)39)19-36-26(16-23-6-4-3-5-7-23)29(41)21-37(32(42)22-35-14-12-34-13-15-35)38(33(36)43)20-25-9-11-28(40)31(18-25)45-2/h3-11,17-18,26,29,34,39-41H,12-16,19-22H2,1-2H3/t26-,29-/m1/s1. The molecule has 0 spiro atoms. The molecule has 2 aliphatic rings. The molecule has 0 unspecified atom stereocenters. The molecular weight excluding hydrogens is 578 g/mol. The first-order chi connectivity index (χ1) is 21.8. The van der Waals surface area contributed by atoms with Crippen LogP contribution in [0.3, 0.4) is 0 Å². The highest BCUT2D eigenvalue weighted by atomic mass is 16.5. The molecule has 3 aromatic carbocycles. The minimum Gasteiger partial charge on any atom is -0.504 e. The van der Waals surface area contributed by atoms with Crippen molar-refractivity contribution in [2.75, 3.05) is 53.5 Å². The molecule has 0 bridgehead atoms. The first-order valence-electron chi connectivity index (χ1n) is 15.0. The van der Waals surface area contributed by atoms with Crippen molar-refractivity contribution in [2.45, 2.75) is 31.7 Å². The minimum absolute atomic E-state index is 0.0110. The Hall–Kier alpha value is -4.52. The van der Waals surface area contributed by atoms with Gasteiger partial charge in [-0.1, -0.05) is 42.5 Å². The van der Waals surface area contributed by atoms with Gasteiger partial charge in [0.1, 0.15) is 0 Å². The number of methoxy groups -OCH3 is 2. The summed E-state index contributed by atoms with van der Waals surface area (Å²) < 4.78 is 10.6. The van der Waals surface area contributed by atoms with Crippen LogP contribution in [-0.2, 0) is 24.3 Å². The Balaban J connectivity index is 1.55. The van der Waals surface area contributed by atoms with E-state index in [9.17, 15) is 24.9 Å². The predicted octanol–water partition coefficient (Wildman–Crippen LogP) is 2.17. The number of β-amino-alcohol motifs (C(OH)–C–C–N with tert-alkyl or cyclic N) is 1. The molecule has 2 saturated heterocycles. The monoisotopic (exact) mass is 619 g/mol. The summed E-state index contributed by atoms with van der Waals surface area (Å²) in [6.45, 7) is 2.97. The molecule has 0 saturated carbocycles. The topological polar surface area (TPSA) is 138 Å². The van der Waals surface area contributed by atoms with E-state index in [4.69, 9.17) is 9.47 Å². The average molecular weight is 620 g/mol. The van der Waals surface area contributed by atoms with Gasteiger partial charge in [-0.2, -0.15) is 0 Å². The average Bonchev–Trinajstić information content (AvgIpc) is 3.14. The van der Waals surface area contributed by atoms with Crippen LogP contribution in [0.1, 0.15) is 16.7 Å². The number of aliphatic hydroxyl groups excluding tert-OH is 1. The number of nitrogens with one attached hydrogen (secondary N) is 1. The lowest BCUT2D eigenvalue weighted by molar-refractivity contribution is -0.148. The molecular formula is C33H41N5O7. The normalized spacial score (nSPS) is 19.4. The molecule has 0 aromatic heterocycles. The lowest BCUT2D eigenvalue weighted by atomic mass is 9.99. The van der Waals surface area contributed by atoms with Gasteiger partial charge in [-0.25, -0.2) is 14.8 Å². The van der Waals surface area contributed by atoms with Gasteiger partial charge >= 0.3 is 6.03 Å². The number of nitrogens with zero attached hydrogens (tertiary/aromatic N) is 4. The van der Waals surface area contributed by atoms with Gasteiger partial charge < -0.3 is 35.0 Å². The van der Waals surface area contributed by atoms with Crippen molar-refractivity contribution in [3.8, 4) is 23.0 Å². The quantitative estimate of drug-likeness (QED) is 0.269. The highest BCUT2D eigenvalue weighted by Gasteiger charge is 2.42. The Labute approximate surface area is 263 Å². The van der Waals surface area contributed by atoms with Crippen molar-refractivity contribution in [3.05, 3.63) is 83.4 Å². The van der Waals surface area contributed by atoms with E-state index in [1.165, 1.54) is 36.4 Å². The minimum atomic E-state index is -1.08. The van der Waals surface area contributed by atoms with E-state index in [1.807, 2.05) is 35.2 Å². The van der Waals surface area contributed by atoms with Crippen LogP contribution in [-0.4, -0.2) is 113 Å². The number of hydrazine groups is 1. The SMILES string of the molecule is COc1cc(CN2C(=O)N(Cc3ccc(O)c(OC)c3)N(C(=O)CN3CCNCC3)C[C@@H](O)[C@H]2Cc2ccccc2)ccc1O. The van der Waals surface area contributed by atoms with E-state index >= 15 is 0 Å². The lowest BCUT2D eigenvalue weighted by Crippen LogP contribution is -2.55. The van der Waals surface area contributed by atoms with Crippen molar-refractivity contribution in [3.63, 3.8) is 0 Å². The van der Waals surface area contributed by atoms with Crippen LogP contribution in [0, 0.1) is 0 Å². The predicted molar refractivity (Wildman–Crippen MR) is 167 cm³/mol. The van der Waals surface area contributed by atoms with E-state index in [0.717, 1.165) is 18.7 Å². The molecule has 240 valence electrons. The fourth-order valence-electron chi connectivity index (χ4n) is 5.83. The van der Waals surface area contributed by atoms with Crippen molar-refractivity contribution >= 4 is 11.9 Å². The summed E-state index contributed by atoms with van der Waals surface area (Å²) in [6.07, 6.45) is -0.733. The lowest BCUT2D eigenvalue weighted by Gasteiger charge is -2.37. The smallest absolute Gasteiger partial charge is 0.339 e. The van der Waals surface area contributed by atoms with Gasteiger partial charge in [-0.3, -0.25) is 9.69 Å². The van der Waals surface area contributed by atoms with Gasteiger partial charge in [0.15, 0.2) is 23.0 Å². The summed E-state index contributed by atoms with van der Waals surface area (Å²) in [5.41, 5.74) is 2.23. The number of phenolic OH excluding ortho intramolecular Hbond substituents is 2. The number of phenols is 2. The van der Waals surface area contributed by atoms with Crippen LogP contribution >= 0.6 is 0 Å². The zero-order valence-corrected chi connectivity index (χ0v) is 25.6. The number of carbonyl (C=O) groups excluding carboxylic acids is 2. The van der Waals surface area contributed by atoms with Gasteiger partial charge in [0.05, 0.1) is 46.0 Å². The van der Waals surface area contributed by atoms with Crippen molar-refractivity contribution in [1.29, 1.82) is 0 Å². The summed E-state index contributed by atoms with van der Waals surface area (Å²) in [4.78, 5) is 32.3. The second kappa shape index (κ2) is 14.5. The second-order valence-electron chi connectivity index (χ2n) is 11.3. The highest BCUT2D eigenvalue weighted by Crippen LogP contribution is 2.31. The molecule has 5 rings (SSSR count). The molecule has 45 heavy (non-hydrogen) atoms. The molecule has 0 aliphatic carbocycles. The van der Waals surface area contributed by atoms with E-state index in [0.29, 0.717) is 30.6 Å². The van der Waals surface area contributed by atoms with Gasteiger partial charge in [0, 0.05) is 32.7 Å². The number of aromatic hydroxyl groups is 2. The number of urea groups is 1. The van der Waals surface area contributed by atoms with Crippen molar-refractivity contribution in [1.82, 2.24) is 25.1 Å². The third-order valence-corrected chi connectivity index (χ3v) is 8.28. The third-order valence-electron chi connectivity index (χ3n) is 8.28. The van der Waals surface area contributed by atoms with Gasteiger partial charge in [0.25, 0.3) is 5.91 Å². The molecule has 12 heteroatoms. The Morgan fingerprint density at radius 3 is 2.07 bits per heavy atom. The maximum absolute atomic E-state index is 14.7. The summed E-state index contributed by atoms with van der Waals surface area (Å²) >= 11 is 0. The van der Waals surface area contributed by atoms with E-state index < -0.39 is 18.2 Å². The maximum atomic E-state index is 14.7. The van der Waals surface area contributed by atoms with Crippen LogP contribution in [0.5, 0.6) is 23.0 Å².